The van der Waals surface area contributed by atoms with Crippen molar-refractivity contribution >= 4 is 11.6 Å². The van der Waals surface area contributed by atoms with E-state index < -0.39 is 17.8 Å². The fourth-order valence-electron chi connectivity index (χ4n) is 3.08. The van der Waals surface area contributed by atoms with Crippen molar-refractivity contribution < 1.29 is 18.3 Å². The first-order valence-corrected chi connectivity index (χ1v) is 7.89. The second-order valence-electron chi connectivity index (χ2n) is 6.01. The molecule has 1 aliphatic rings. The third kappa shape index (κ3) is 3.43. The number of hydrogen-bond donors (Lipinski definition) is 1. The van der Waals surface area contributed by atoms with Crippen LogP contribution in [0.4, 0.5) is 13.2 Å². The first kappa shape index (κ1) is 17.3. The number of likely N-dealkylation sites (tertiary alicyclic amines) is 1. The zero-order valence-corrected chi connectivity index (χ0v) is 13.7. The highest BCUT2D eigenvalue weighted by Crippen LogP contribution is 2.36. The summed E-state index contributed by atoms with van der Waals surface area (Å²) in [7, 11) is 1.77. The van der Waals surface area contributed by atoms with Crippen LogP contribution in [-0.4, -0.2) is 32.2 Å². The number of benzene rings is 1. The van der Waals surface area contributed by atoms with Gasteiger partial charge in [-0.05, 0) is 24.1 Å². The Morgan fingerprint density at radius 3 is 2.75 bits per heavy atom. The van der Waals surface area contributed by atoms with Crippen LogP contribution in [0.15, 0.2) is 30.5 Å². The van der Waals surface area contributed by atoms with Gasteiger partial charge in [-0.25, -0.2) is 4.98 Å². The lowest BCUT2D eigenvalue weighted by Crippen LogP contribution is -2.26. The number of β-amino-alcohol motifs (C(OH)–C–C–N with tert-alkyl or cyclic N) is 1. The van der Waals surface area contributed by atoms with Crippen LogP contribution in [0, 0.1) is 0 Å². The van der Waals surface area contributed by atoms with E-state index in [1.54, 1.807) is 17.7 Å². The largest absolute Gasteiger partial charge is 0.416 e. The van der Waals surface area contributed by atoms with Gasteiger partial charge in [-0.2, -0.15) is 13.2 Å². The van der Waals surface area contributed by atoms with E-state index >= 15 is 0 Å². The average molecular weight is 360 g/mol. The molecule has 1 aliphatic heterocycles. The van der Waals surface area contributed by atoms with Gasteiger partial charge < -0.3 is 9.67 Å². The van der Waals surface area contributed by atoms with Gasteiger partial charge in [-0.15, -0.1) is 0 Å². The lowest BCUT2D eigenvalue weighted by atomic mass is 10.0. The van der Waals surface area contributed by atoms with Gasteiger partial charge in [0, 0.05) is 19.6 Å². The molecule has 1 aromatic heterocycles. The Morgan fingerprint density at radius 1 is 1.38 bits per heavy atom. The van der Waals surface area contributed by atoms with E-state index in [0.717, 1.165) is 12.1 Å². The van der Waals surface area contributed by atoms with Crippen LogP contribution in [0.25, 0.3) is 0 Å². The van der Waals surface area contributed by atoms with E-state index in [-0.39, 0.29) is 6.04 Å². The number of alkyl halides is 3. The van der Waals surface area contributed by atoms with E-state index in [4.69, 9.17) is 11.6 Å². The topological polar surface area (TPSA) is 41.3 Å². The SMILES string of the molecule is Cn1c(Cl)cnc1CN1C[C@H](O)C[C@H]1c1cccc(C(F)(F)F)c1. The first-order chi connectivity index (χ1) is 11.3. The number of rotatable bonds is 3. The van der Waals surface area contributed by atoms with Crippen molar-refractivity contribution in [3.8, 4) is 0 Å². The standard InChI is InChI=1S/C16H17ClF3N3O/c1-22-14(17)7-21-15(22)9-23-8-12(24)6-13(23)10-3-2-4-11(5-10)16(18,19)20/h2-5,7,12-13,24H,6,8-9H2,1H3/t12-,13+/m1/s1. The number of hydrogen-bond acceptors (Lipinski definition) is 3. The molecule has 0 bridgehead atoms. The van der Waals surface area contributed by atoms with Gasteiger partial charge in [0.1, 0.15) is 11.0 Å². The molecule has 24 heavy (non-hydrogen) atoms. The van der Waals surface area contributed by atoms with Crippen molar-refractivity contribution in [1.29, 1.82) is 0 Å². The molecule has 1 fully saturated rings. The maximum Gasteiger partial charge on any atom is 0.416 e. The highest BCUT2D eigenvalue weighted by molar-refractivity contribution is 6.29. The summed E-state index contributed by atoms with van der Waals surface area (Å²) >= 11 is 5.98. The molecule has 1 aromatic carbocycles. The van der Waals surface area contributed by atoms with E-state index in [1.165, 1.54) is 12.3 Å². The van der Waals surface area contributed by atoms with Gasteiger partial charge >= 0.3 is 6.18 Å². The first-order valence-electron chi connectivity index (χ1n) is 7.51. The Kier molecular flexibility index (Phi) is 4.59. The Morgan fingerprint density at radius 2 is 2.12 bits per heavy atom. The Labute approximate surface area is 142 Å². The third-order valence-corrected chi connectivity index (χ3v) is 4.70. The molecular weight excluding hydrogens is 343 g/mol. The van der Waals surface area contributed by atoms with Crippen LogP contribution < -0.4 is 0 Å². The van der Waals surface area contributed by atoms with Gasteiger partial charge in [-0.1, -0.05) is 23.7 Å². The second kappa shape index (κ2) is 6.38. The second-order valence-corrected chi connectivity index (χ2v) is 6.40. The molecule has 0 unspecified atom stereocenters. The van der Waals surface area contributed by atoms with Crippen LogP contribution in [0.3, 0.4) is 0 Å². The average Bonchev–Trinajstić information content (AvgIpc) is 3.04. The van der Waals surface area contributed by atoms with Gasteiger partial charge in [0.2, 0.25) is 0 Å². The molecule has 130 valence electrons. The van der Waals surface area contributed by atoms with Gasteiger partial charge in [-0.3, -0.25) is 4.90 Å². The highest BCUT2D eigenvalue weighted by atomic mass is 35.5. The molecule has 0 spiro atoms. The molecule has 0 saturated carbocycles. The minimum absolute atomic E-state index is 0.294. The van der Waals surface area contributed by atoms with Crippen LogP contribution in [-0.2, 0) is 19.8 Å². The zero-order chi connectivity index (χ0) is 17.5. The van der Waals surface area contributed by atoms with Crippen molar-refractivity contribution in [2.45, 2.75) is 31.3 Å². The van der Waals surface area contributed by atoms with Crippen molar-refractivity contribution in [2.75, 3.05) is 6.54 Å². The molecule has 0 amide bonds. The molecule has 4 nitrogen and oxygen atoms in total. The molecule has 2 atom stereocenters. The zero-order valence-electron chi connectivity index (χ0n) is 13.0. The predicted molar refractivity (Wildman–Crippen MR) is 83.4 cm³/mol. The highest BCUT2D eigenvalue weighted by Gasteiger charge is 2.35. The van der Waals surface area contributed by atoms with Crippen molar-refractivity contribution in [3.63, 3.8) is 0 Å². The summed E-state index contributed by atoms with van der Waals surface area (Å²) < 4.78 is 40.5. The smallest absolute Gasteiger partial charge is 0.392 e. The fourth-order valence-corrected chi connectivity index (χ4v) is 3.22. The van der Waals surface area contributed by atoms with E-state index in [1.807, 2.05) is 4.90 Å². The Hall–Kier alpha value is -1.57. The van der Waals surface area contributed by atoms with E-state index in [0.29, 0.717) is 36.1 Å². The van der Waals surface area contributed by atoms with Crippen molar-refractivity contribution in [3.05, 3.63) is 52.6 Å². The molecule has 3 rings (SSSR count). The lowest BCUT2D eigenvalue weighted by Gasteiger charge is -2.24. The summed E-state index contributed by atoms with van der Waals surface area (Å²) in [4.78, 5) is 6.15. The molecule has 1 saturated heterocycles. The number of aromatic nitrogens is 2. The summed E-state index contributed by atoms with van der Waals surface area (Å²) in [6.07, 6.45) is -3.05. The maximum absolute atomic E-state index is 12.9. The summed E-state index contributed by atoms with van der Waals surface area (Å²) in [6.45, 7) is 0.784. The molecule has 0 aliphatic carbocycles. The monoisotopic (exact) mass is 359 g/mol. The minimum Gasteiger partial charge on any atom is -0.392 e. The summed E-state index contributed by atoms with van der Waals surface area (Å²) in [5.41, 5.74) is -0.136. The maximum atomic E-state index is 12.9. The van der Waals surface area contributed by atoms with Crippen LogP contribution in [0.5, 0.6) is 0 Å². The molecular formula is C16H17ClF3N3O. The van der Waals surface area contributed by atoms with Gasteiger partial charge in [0.25, 0.3) is 0 Å². The molecule has 2 aromatic rings. The van der Waals surface area contributed by atoms with E-state index in [2.05, 4.69) is 4.98 Å². The van der Waals surface area contributed by atoms with Crippen molar-refractivity contribution in [2.24, 2.45) is 7.05 Å². The number of nitrogens with zero attached hydrogens (tertiary/aromatic N) is 3. The summed E-state index contributed by atoms with van der Waals surface area (Å²) in [5.74, 6) is 0.700. The summed E-state index contributed by atoms with van der Waals surface area (Å²) in [6, 6.07) is 4.98. The summed E-state index contributed by atoms with van der Waals surface area (Å²) in [5, 5.41) is 10.5. The van der Waals surface area contributed by atoms with Crippen LogP contribution in [0.2, 0.25) is 5.15 Å². The minimum atomic E-state index is -4.38. The lowest BCUT2D eigenvalue weighted by molar-refractivity contribution is -0.137. The molecule has 2 heterocycles. The van der Waals surface area contributed by atoms with Gasteiger partial charge in [0.15, 0.2) is 0 Å². The normalized spacial score (nSPS) is 22.2. The molecule has 1 N–H and O–H groups in total. The number of halogens is 4. The van der Waals surface area contributed by atoms with Gasteiger partial charge in [0.05, 0.1) is 24.4 Å². The fraction of sp³-hybridized carbons (Fsp3) is 0.438. The molecule has 8 heteroatoms. The third-order valence-electron chi connectivity index (χ3n) is 4.35. The number of aliphatic hydroxyl groups excluding tert-OH is 1. The number of imidazole rings is 1. The quantitative estimate of drug-likeness (QED) is 0.913. The van der Waals surface area contributed by atoms with Crippen LogP contribution in [0.1, 0.15) is 29.4 Å². The number of aliphatic hydroxyl groups is 1. The Balaban J connectivity index is 1.87. The predicted octanol–water partition coefficient (Wildman–Crippen LogP) is 3.40. The van der Waals surface area contributed by atoms with Crippen molar-refractivity contribution in [1.82, 2.24) is 14.5 Å². The van der Waals surface area contributed by atoms with E-state index in [9.17, 15) is 18.3 Å². The molecule has 0 radical (unpaired) electrons. The van der Waals surface area contributed by atoms with Crippen LogP contribution >= 0.6 is 11.6 Å². The Bertz CT molecular complexity index is 732.